The molecule has 0 aliphatic rings. The first-order valence-electron chi connectivity index (χ1n) is 7.16. The quantitative estimate of drug-likeness (QED) is 0.584. The molecule has 0 aromatic heterocycles. The van der Waals surface area contributed by atoms with Crippen molar-refractivity contribution in [2.45, 2.75) is 65.3 Å². The number of rotatable bonds is 11. The molecule has 0 saturated carbocycles. The molecular formula is C14H32N2. The summed E-state index contributed by atoms with van der Waals surface area (Å²) >= 11 is 0. The van der Waals surface area contributed by atoms with Crippen molar-refractivity contribution in [3.05, 3.63) is 0 Å². The molecule has 16 heavy (non-hydrogen) atoms. The van der Waals surface area contributed by atoms with Crippen LogP contribution in [0.5, 0.6) is 0 Å². The molecule has 0 aromatic carbocycles. The van der Waals surface area contributed by atoms with Gasteiger partial charge in [0, 0.05) is 6.04 Å². The molecule has 0 aromatic rings. The standard InChI is InChI=1S/C14H32N2/c1-5-8-12-16(4)13-9-10-14(7-3)15-11-6-2/h14-15H,5-13H2,1-4H3. The van der Waals surface area contributed by atoms with Crippen molar-refractivity contribution >= 4 is 0 Å². The minimum atomic E-state index is 0.736. The Morgan fingerprint density at radius 2 is 1.69 bits per heavy atom. The maximum absolute atomic E-state index is 3.62. The summed E-state index contributed by atoms with van der Waals surface area (Å²) in [5.41, 5.74) is 0. The number of hydrogen-bond acceptors (Lipinski definition) is 2. The summed E-state index contributed by atoms with van der Waals surface area (Å²) in [4.78, 5) is 2.47. The lowest BCUT2D eigenvalue weighted by Crippen LogP contribution is -2.30. The van der Waals surface area contributed by atoms with E-state index in [1.807, 2.05) is 0 Å². The van der Waals surface area contributed by atoms with E-state index in [1.54, 1.807) is 0 Å². The van der Waals surface area contributed by atoms with Crippen molar-refractivity contribution in [2.75, 3.05) is 26.7 Å². The lowest BCUT2D eigenvalue weighted by atomic mass is 10.1. The third kappa shape index (κ3) is 9.17. The third-order valence-corrected chi connectivity index (χ3v) is 3.16. The first-order chi connectivity index (χ1) is 7.74. The Morgan fingerprint density at radius 3 is 2.25 bits per heavy atom. The molecule has 98 valence electrons. The Hall–Kier alpha value is -0.0800. The molecule has 1 unspecified atom stereocenters. The molecule has 2 nitrogen and oxygen atoms in total. The van der Waals surface area contributed by atoms with Crippen LogP contribution < -0.4 is 5.32 Å². The van der Waals surface area contributed by atoms with E-state index in [4.69, 9.17) is 0 Å². The molecule has 0 radical (unpaired) electrons. The van der Waals surface area contributed by atoms with E-state index in [0.717, 1.165) is 6.04 Å². The van der Waals surface area contributed by atoms with Gasteiger partial charge in [-0.1, -0.05) is 27.2 Å². The second-order valence-corrected chi connectivity index (χ2v) is 4.86. The molecule has 0 fully saturated rings. The van der Waals surface area contributed by atoms with E-state index in [1.165, 1.54) is 58.2 Å². The molecule has 0 amide bonds. The zero-order valence-electron chi connectivity index (χ0n) is 11.9. The molecule has 0 aliphatic carbocycles. The second kappa shape index (κ2) is 11.4. The summed E-state index contributed by atoms with van der Waals surface area (Å²) in [5, 5.41) is 3.62. The average Bonchev–Trinajstić information content (AvgIpc) is 2.30. The molecule has 2 heteroatoms. The van der Waals surface area contributed by atoms with Gasteiger partial charge in [0.1, 0.15) is 0 Å². The van der Waals surface area contributed by atoms with Crippen LogP contribution in [0, 0.1) is 0 Å². The normalized spacial score (nSPS) is 13.3. The van der Waals surface area contributed by atoms with Gasteiger partial charge in [-0.3, -0.25) is 0 Å². The average molecular weight is 228 g/mol. The highest BCUT2D eigenvalue weighted by atomic mass is 15.1. The number of nitrogens with zero attached hydrogens (tertiary/aromatic N) is 1. The van der Waals surface area contributed by atoms with Crippen LogP contribution in [0.1, 0.15) is 59.3 Å². The molecule has 0 saturated heterocycles. The summed E-state index contributed by atoms with van der Waals surface area (Å²) in [6, 6.07) is 0.736. The van der Waals surface area contributed by atoms with Gasteiger partial charge in [-0.15, -0.1) is 0 Å². The van der Waals surface area contributed by atoms with Gasteiger partial charge in [0.05, 0.1) is 0 Å². The molecule has 1 N–H and O–H groups in total. The molecule has 0 bridgehead atoms. The fraction of sp³-hybridized carbons (Fsp3) is 1.00. The Labute approximate surface area is 103 Å². The van der Waals surface area contributed by atoms with Gasteiger partial charge in [0.2, 0.25) is 0 Å². The van der Waals surface area contributed by atoms with Gasteiger partial charge >= 0.3 is 0 Å². The van der Waals surface area contributed by atoms with Gasteiger partial charge in [0.15, 0.2) is 0 Å². The van der Waals surface area contributed by atoms with Crippen LogP contribution in [-0.2, 0) is 0 Å². The maximum Gasteiger partial charge on any atom is 0.00649 e. The van der Waals surface area contributed by atoms with Crippen LogP contribution in [0.15, 0.2) is 0 Å². The van der Waals surface area contributed by atoms with Gasteiger partial charge in [0.25, 0.3) is 0 Å². The largest absolute Gasteiger partial charge is 0.314 e. The molecule has 0 rings (SSSR count). The van der Waals surface area contributed by atoms with Crippen LogP contribution in [0.4, 0.5) is 0 Å². The van der Waals surface area contributed by atoms with Crippen molar-refractivity contribution in [3.63, 3.8) is 0 Å². The number of nitrogens with one attached hydrogen (secondary N) is 1. The van der Waals surface area contributed by atoms with Gasteiger partial charge < -0.3 is 10.2 Å². The second-order valence-electron chi connectivity index (χ2n) is 4.86. The Morgan fingerprint density at radius 1 is 1.00 bits per heavy atom. The van der Waals surface area contributed by atoms with Crippen LogP contribution in [0.25, 0.3) is 0 Å². The smallest absolute Gasteiger partial charge is 0.00649 e. The van der Waals surface area contributed by atoms with Crippen molar-refractivity contribution in [1.29, 1.82) is 0 Å². The highest BCUT2D eigenvalue weighted by Crippen LogP contribution is 2.03. The van der Waals surface area contributed by atoms with E-state index in [0.29, 0.717) is 0 Å². The number of unbranched alkanes of at least 4 members (excludes halogenated alkanes) is 1. The van der Waals surface area contributed by atoms with E-state index in [9.17, 15) is 0 Å². The Bertz CT molecular complexity index is 137. The SMILES string of the molecule is CCCCN(C)CCCC(CC)NCCC. The van der Waals surface area contributed by atoms with Gasteiger partial charge in [-0.2, -0.15) is 0 Å². The van der Waals surface area contributed by atoms with Crippen LogP contribution in [-0.4, -0.2) is 37.6 Å². The summed E-state index contributed by atoms with van der Waals surface area (Å²) < 4.78 is 0. The van der Waals surface area contributed by atoms with Crippen molar-refractivity contribution in [2.24, 2.45) is 0 Å². The molecular weight excluding hydrogens is 196 g/mol. The monoisotopic (exact) mass is 228 g/mol. The van der Waals surface area contributed by atoms with Crippen molar-refractivity contribution in [1.82, 2.24) is 10.2 Å². The predicted molar refractivity (Wildman–Crippen MR) is 74.0 cm³/mol. The molecule has 0 aliphatic heterocycles. The lowest BCUT2D eigenvalue weighted by molar-refractivity contribution is 0.309. The Balaban J connectivity index is 3.45. The number of hydrogen-bond donors (Lipinski definition) is 1. The van der Waals surface area contributed by atoms with Crippen molar-refractivity contribution < 1.29 is 0 Å². The van der Waals surface area contributed by atoms with Crippen molar-refractivity contribution in [3.8, 4) is 0 Å². The summed E-state index contributed by atoms with van der Waals surface area (Å²) in [5.74, 6) is 0. The maximum atomic E-state index is 3.62. The first-order valence-corrected chi connectivity index (χ1v) is 7.16. The predicted octanol–water partition coefficient (Wildman–Crippen LogP) is 3.28. The van der Waals surface area contributed by atoms with Gasteiger partial charge in [-0.05, 0) is 58.8 Å². The fourth-order valence-corrected chi connectivity index (χ4v) is 1.95. The van der Waals surface area contributed by atoms with E-state index in [2.05, 4.69) is 38.0 Å². The summed E-state index contributed by atoms with van der Waals surface area (Å²) in [7, 11) is 2.25. The first kappa shape index (κ1) is 15.9. The fourth-order valence-electron chi connectivity index (χ4n) is 1.95. The minimum absolute atomic E-state index is 0.736. The minimum Gasteiger partial charge on any atom is -0.314 e. The summed E-state index contributed by atoms with van der Waals surface area (Å²) in [6.07, 6.45) is 7.80. The molecule has 0 spiro atoms. The van der Waals surface area contributed by atoms with E-state index >= 15 is 0 Å². The van der Waals surface area contributed by atoms with E-state index in [-0.39, 0.29) is 0 Å². The zero-order chi connectivity index (χ0) is 12.2. The van der Waals surface area contributed by atoms with Gasteiger partial charge in [-0.25, -0.2) is 0 Å². The van der Waals surface area contributed by atoms with Crippen LogP contribution in [0.2, 0.25) is 0 Å². The molecule has 1 atom stereocenters. The van der Waals surface area contributed by atoms with Crippen LogP contribution >= 0.6 is 0 Å². The third-order valence-electron chi connectivity index (χ3n) is 3.16. The highest BCUT2D eigenvalue weighted by Gasteiger charge is 2.05. The topological polar surface area (TPSA) is 15.3 Å². The lowest BCUT2D eigenvalue weighted by Gasteiger charge is -2.20. The highest BCUT2D eigenvalue weighted by molar-refractivity contribution is 4.65. The van der Waals surface area contributed by atoms with Crippen LogP contribution in [0.3, 0.4) is 0 Å². The molecule has 0 heterocycles. The summed E-state index contributed by atoms with van der Waals surface area (Å²) in [6.45, 7) is 10.5. The zero-order valence-corrected chi connectivity index (χ0v) is 11.9. The van der Waals surface area contributed by atoms with E-state index < -0.39 is 0 Å². The Kier molecular flexibility index (Phi) is 11.3.